The van der Waals surface area contributed by atoms with Crippen molar-refractivity contribution in [2.75, 3.05) is 0 Å². The van der Waals surface area contributed by atoms with Crippen LogP contribution >= 0.6 is 34.8 Å². The van der Waals surface area contributed by atoms with Crippen molar-refractivity contribution in [1.82, 2.24) is 17.5 Å². The molecule has 0 amide bonds. The molecule has 9 heteroatoms. The van der Waals surface area contributed by atoms with Gasteiger partial charge in [0.05, 0.1) is 46.4 Å². The Balaban J connectivity index is 0.000000337. The third-order valence-electron chi connectivity index (χ3n) is 7.09. The first-order valence-corrected chi connectivity index (χ1v) is 17.0. The summed E-state index contributed by atoms with van der Waals surface area (Å²) >= 11 is 4.15. The van der Waals surface area contributed by atoms with Crippen LogP contribution in [0.1, 0.15) is 11.1 Å². The number of hydrogen-bond acceptors (Lipinski definition) is 7. The Morgan fingerprint density at radius 3 is 1.08 bits per heavy atom. The summed E-state index contributed by atoms with van der Waals surface area (Å²) in [5.41, 5.74) is 7.34. The summed E-state index contributed by atoms with van der Waals surface area (Å²) in [5, 5.41) is 0. The molecule has 4 fully saturated rings. The predicted molar refractivity (Wildman–Crippen MR) is 195 cm³/mol. The Morgan fingerprint density at radius 1 is 0.367 bits per heavy atom. The second-order valence-corrected chi connectivity index (χ2v) is 12.3. The molecule has 0 N–H and O–H groups in total. The topological polar surface area (TPSA) is 51.6 Å². The smallest absolute Gasteiger partial charge is 0.172 e. The Morgan fingerprint density at radius 2 is 0.714 bits per heavy atom. The van der Waals surface area contributed by atoms with Crippen LogP contribution in [0.5, 0.6) is 0 Å². The summed E-state index contributed by atoms with van der Waals surface area (Å²) in [6.07, 6.45) is 36.0. The number of nitrogens with zero attached hydrogens (tertiary/aromatic N) is 4. The molecule has 0 aliphatic heterocycles. The van der Waals surface area contributed by atoms with Crippen LogP contribution < -0.4 is 0 Å². The SMILES string of the molecule is C(#Cc1ccc(-c2ccc(-c3ccc(C#C[C]4[CH][CH][CH][CH]4)c4nsnc34)s2)c2nsnc12)[C]1[CH][CH][CH][CH]1.[CH]1[CH][CH][CH][CH]1.[CH]1[CH][CH][CH][CH]1.[Fe+2].[Fe+2]. The van der Waals surface area contributed by atoms with E-state index >= 15 is 0 Å². The molecule has 4 saturated carbocycles. The van der Waals surface area contributed by atoms with Crippen LogP contribution in [0.25, 0.3) is 42.9 Å². The Hall–Kier alpha value is -2.06. The van der Waals surface area contributed by atoms with Gasteiger partial charge in [0.15, 0.2) is 0 Å². The number of benzene rings is 2. The fraction of sp³-hybridized carbons (Fsp3) is 0. The van der Waals surface area contributed by atoms with Gasteiger partial charge in [-0.1, -0.05) is 23.7 Å². The van der Waals surface area contributed by atoms with Crippen molar-refractivity contribution >= 4 is 56.9 Å². The summed E-state index contributed by atoms with van der Waals surface area (Å²) in [7, 11) is 0. The molecule has 4 nitrogen and oxygen atoms in total. The van der Waals surface area contributed by atoms with Gasteiger partial charge in [-0.25, -0.2) is 0 Å². The second-order valence-electron chi connectivity index (χ2n) is 10.2. The fourth-order valence-electron chi connectivity index (χ4n) is 4.80. The van der Waals surface area contributed by atoms with E-state index in [2.05, 4.69) is 65.4 Å². The third-order valence-corrected chi connectivity index (χ3v) is 9.30. The minimum absolute atomic E-state index is 0. The van der Waals surface area contributed by atoms with Crippen molar-refractivity contribution in [2.24, 2.45) is 0 Å². The number of fused-ring (bicyclic) bond motifs is 2. The van der Waals surface area contributed by atoms with Crippen LogP contribution in [0.2, 0.25) is 0 Å². The van der Waals surface area contributed by atoms with Crippen molar-refractivity contribution in [3.8, 4) is 44.6 Å². The molecule has 4 aliphatic rings. The third kappa shape index (κ3) is 9.84. The molecular formula is C40H24Fe2N4S3+4. The van der Waals surface area contributed by atoms with Crippen molar-refractivity contribution in [3.05, 3.63) is 175 Å². The van der Waals surface area contributed by atoms with E-state index in [1.165, 1.54) is 23.5 Å². The van der Waals surface area contributed by atoms with Crippen molar-refractivity contribution in [3.63, 3.8) is 0 Å². The average molecular weight is 769 g/mol. The molecule has 234 valence electrons. The molecule has 3 heterocycles. The number of thiophene rings is 1. The maximum absolute atomic E-state index is 4.61. The zero-order valence-corrected chi connectivity index (χ0v) is 30.2. The zero-order valence-electron chi connectivity index (χ0n) is 25.6. The van der Waals surface area contributed by atoms with E-state index in [4.69, 9.17) is 0 Å². The molecule has 0 bridgehead atoms. The summed E-state index contributed by atoms with van der Waals surface area (Å²) in [5.74, 6) is 14.9. The molecule has 20 radical (unpaired) electrons. The van der Waals surface area contributed by atoms with Gasteiger partial charge in [0.2, 0.25) is 0 Å². The van der Waals surface area contributed by atoms with Crippen molar-refractivity contribution < 1.29 is 34.1 Å². The van der Waals surface area contributed by atoms with Gasteiger partial charge in [0.1, 0.15) is 22.1 Å². The van der Waals surface area contributed by atoms with Gasteiger partial charge in [0, 0.05) is 20.9 Å². The molecule has 3 aromatic heterocycles. The van der Waals surface area contributed by atoms with Gasteiger partial charge in [0.25, 0.3) is 0 Å². The zero-order chi connectivity index (χ0) is 31.7. The normalized spacial score (nSPS) is 17.1. The number of hydrogen-bond donors (Lipinski definition) is 0. The first kappa shape index (κ1) is 38.2. The predicted octanol–water partition coefficient (Wildman–Crippen LogP) is 8.64. The van der Waals surface area contributed by atoms with Crippen LogP contribution in [-0.4, -0.2) is 17.5 Å². The van der Waals surface area contributed by atoms with Gasteiger partial charge in [-0.05, 0) is 152 Å². The summed E-state index contributed by atoms with van der Waals surface area (Å²) in [6.45, 7) is 0. The minimum atomic E-state index is 0. The monoisotopic (exact) mass is 768 g/mol. The quantitative estimate of drug-likeness (QED) is 0.133. The van der Waals surface area contributed by atoms with Gasteiger partial charge >= 0.3 is 34.1 Å². The molecular weight excluding hydrogens is 744 g/mol. The molecule has 0 unspecified atom stereocenters. The van der Waals surface area contributed by atoms with E-state index in [0.717, 1.165) is 65.9 Å². The van der Waals surface area contributed by atoms with E-state index in [9.17, 15) is 0 Å². The molecule has 4 aliphatic carbocycles. The summed E-state index contributed by atoms with van der Waals surface area (Å²) in [4.78, 5) is 2.25. The number of aromatic nitrogens is 4. The average Bonchev–Trinajstić information content (AvgIpc) is 3.98. The second kappa shape index (κ2) is 19.5. The van der Waals surface area contributed by atoms with E-state index in [1.807, 2.05) is 128 Å². The van der Waals surface area contributed by atoms with Crippen LogP contribution in [0.3, 0.4) is 0 Å². The first-order chi connectivity index (χ1) is 23.3. The van der Waals surface area contributed by atoms with Crippen molar-refractivity contribution in [2.45, 2.75) is 0 Å². The van der Waals surface area contributed by atoms with Crippen LogP contribution in [-0.2, 0) is 34.1 Å². The van der Waals surface area contributed by atoms with Crippen LogP contribution in [0.15, 0.2) is 36.4 Å². The first-order valence-electron chi connectivity index (χ1n) is 14.8. The molecule has 9 rings (SSSR count). The van der Waals surface area contributed by atoms with Gasteiger partial charge < -0.3 is 0 Å². The molecule has 0 spiro atoms. The Bertz CT molecular complexity index is 1750. The van der Waals surface area contributed by atoms with Crippen molar-refractivity contribution in [1.29, 1.82) is 0 Å². The van der Waals surface area contributed by atoms with E-state index in [-0.39, 0.29) is 34.1 Å². The maximum atomic E-state index is 4.61. The molecule has 49 heavy (non-hydrogen) atoms. The molecule has 0 atom stereocenters. The Kier molecular flexibility index (Phi) is 15.2. The van der Waals surface area contributed by atoms with Gasteiger partial charge in [-0.15, -0.1) is 11.3 Å². The largest absolute Gasteiger partial charge is 2.00 e. The maximum Gasteiger partial charge on any atom is 2.00 e. The molecule has 0 saturated heterocycles. The summed E-state index contributed by atoms with van der Waals surface area (Å²) in [6, 6.07) is 12.5. The molecule has 5 aromatic rings. The fourth-order valence-corrected chi connectivity index (χ4v) is 7.00. The minimum Gasteiger partial charge on any atom is -0.172 e. The Labute approximate surface area is 325 Å². The van der Waals surface area contributed by atoms with E-state index in [1.54, 1.807) is 11.3 Å². The van der Waals surface area contributed by atoms with Crippen LogP contribution in [0, 0.1) is 151 Å². The summed E-state index contributed by atoms with van der Waals surface area (Å²) < 4.78 is 18.3. The number of rotatable bonds is 2. The van der Waals surface area contributed by atoms with E-state index in [0.29, 0.717) is 0 Å². The standard InChI is InChI=1S/C30H14N4S3.2C5H5.2Fe/c1-2-6-19(5-1)9-11-21-13-15-23(29-27(21)31-36-33-29)25-17-18-26(35-25)24-16-14-22(28-30(24)34-37-32-28)12-10-20-7-3-4-8-20;2*1-2-4-5-3-1;;/h1-8,13-18H;2*1-5H;;/q;;;2*+2. The van der Waals surface area contributed by atoms with Gasteiger partial charge in [-0.2, -0.15) is 17.5 Å². The molecule has 2 aromatic carbocycles. The van der Waals surface area contributed by atoms with E-state index < -0.39 is 0 Å². The van der Waals surface area contributed by atoms with Gasteiger partial charge in [-0.3, -0.25) is 0 Å². The van der Waals surface area contributed by atoms with Crippen LogP contribution in [0.4, 0.5) is 0 Å².